The van der Waals surface area contributed by atoms with Crippen LogP contribution in [0.5, 0.6) is 0 Å². The van der Waals surface area contributed by atoms with Gasteiger partial charge in [-0.05, 0) is 31.0 Å². The molecule has 0 bridgehead atoms. The van der Waals surface area contributed by atoms with Gasteiger partial charge in [-0.3, -0.25) is 0 Å². The van der Waals surface area contributed by atoms with E-state index in [2.05, 4.69) is 80.8 Å². The van der Waals surface area contributed by atoms with Crippen molar-refractivity contribution in [2.75, 3.05) is 12.3 Å². The summed E-state index contributed by atoms with van der Waals surface area (Å²) >= 11 is 4.31. The smallest absolute Gasteiger partial charge is 0.0451 e. The maximum Gasteiger partial charge on any atom is 0.0451 e. The molecule has 1 nitrogen and oxygen atoms in total. The van der Waals surface area contributed by atoms with Gasteiger partial charge in [0.25, 0.3) is 0 Å². The molecule has 20 heavy (non-hydrogen) atoms. The van der Waals surface area contributed by atoms with Crippen LogP contribution in [0.2, 0.25) is 0 Å². The van der Waals surface area contributed by atoms with E-state index in [0.717, 1.165) is 17.0 Å². The Hall–Kier alpha value is -0.120. The largest absolute Gasteiger partial charge is 0.309 e. The molecule has 4 unspecified atom stereocenters. The lowest BCUT2D eigenvalue weighted by Crippen LogP contribution is -2.37. The second kappa shape index (κ2) is 7.77. The number of thioether (sulfide) groups is 2. The molecule has 4 atom stereocenters. The van der Waals surface area contributed by atoms with E-state index in [0.29, 0.717) is 11.3 Å². The van der Waals surface area contributed by atoms with Crippen molar-refractivity contribution < 1.29 is 0 Å². The Balaban J connectivity index is 2.17. The quantitative estimate of drug-likeness (QED) is 0.849. The van der Waals surface area contributed by atoms with Gasteiger partial charge in [0.05, 0.1) is 0 Å². The second-order valence-corrected chi connectivity index (χ2v) is 8.74. The summed E-state index contributed by atoms with van der Waals surface area (Å²) in [4.78, 5) is 0. The third-order valence-corrected chi connectivity index (χ3v) is 7.58. The van der Waals surface area contributed by atoms with Crippen molar-refractivity contribution in [3.05, 3.63) is 35.4 Å². The van der Waals surface area contributed by atoms with Crippen molar-refractivity contribution >= 4 is 23.5 Å². The molecule has 1 aromatic carbocycles. The van der Waals surface area contributed by atoms with E-state index in [1.165, 1.54) is 23.3 Å². The molecular formula is C17H27NS2. The Morgan fingerprint density at radius 3 is 2.65 bits per heavy atom. The fourth-order valence-electron chi connectivity index (χ4n) is 2.66. The maximum absolute atomic E-state index is 3.80. The molecule has 1 saturated heterocycles. The summed E-state index contributed by atoms with van der Waals surface area (Å²) in [6, 6.07) is 9.35. The molecule has 0 aliphatic carbocycles. The van der Waals surface area contributed by atoms with E-state index in [1.54, 1.807) is 0 Å². The lowest BCUT2D eigenvalue weighted by molar-refractivity contribution is 0.526. The fraction of sp³-hybridized carbons (Fsp3) is 0.647. The van der Waals surface area contributed by atoms with Gasteiger partial charge in [0, 0.05) is 27.5 Å². The van der Waals surface area contributed by atoms with Gasteiger partial charge in [0.2, 0.25) is 0 Å². The first-order valence-electron chi connectivity index (χ1n) is 7.69. The molecule has 1 aliphatic heterocycles. The Kier molecular flexibility index (Phi) is 6.31. The molecule has 1 aliphatic rings. The molecule has 1 fully saturated rings. The third kappa shape index (κ3) is 3.96. The average Bonchev–Trinajstić information content (AvgIpc) is 2.44. The van der Waals surface area contributed by atoms with E-state index in [1.807, 2.05) is 0 Å². The minimum atomic E-state index is 0.489. The second-order valence-electron chi connectivity index (χ2n) is 5.71. The van der Waals surface area contributed by atoms with Gasteiger partial charge in [-0.2, -0.15) is 23.5 Å². The summed E-state index contributed by atoms with van der Waals surface area (Å²) in [5.41, 5.74) is 2.90. The summed E-state index contributed by atoms with van der Waals surface area (Å²) in [5, 5.41) is 6.00. The Morgan fingerprint density at radius 2 is 2.00 bits per heavy atom. The number of aryl methyl sites for hydroxylation is 1. The number of hydrogen-bond donors (Lipinski definition) is 1. The van der Waals surface area contributed by atoms with Crippen LogP contribution in [-0.2, 0) is 0 Å². The van der Waals surface area contributed by atoms with Gasteiger partial charge < -0.3 is 5.32 Å². The summed E-state index contributed by atoms with van der Waals surface area (Å²) < 4.78 is 0. The van der Waals surface area contributed by atoms with Crippen molar-refractivity contribution in [2.45, 2.75) is 55.9 Å². The van der Waals surface area contributed by atoms with Crippen LogP contribution in [0, 0.1) is 6.92 Å². The Morgan fingerprint density at radius 1 is 1.25 bits per heavy atom. The van der Waals surface area contributed by atoms with Gasteiger partial charge in [-0.15, -0.1) is 0 Å². The van der Waals surface area contributed by atoms with Crippen molar-refractivity contribution in [2.24, 2.45) is 0 Å². The van der Waals surface area contributed by atoms with Gasteiger partial charge >= 0.3 is 0 Å². The molecule has 1 heterocycles. The van der Waals surface area contributed by atoms with Crippen LogP contribution >= 0.6 is 23.5 Å². The number of rotatable bonds is 5. The highest BCUT2D eigenvalue weighted by Gasteiger charge is 2.32. The van der Waals surface area contributed by atoms with Crippen molar-refractivity contribution in [1.82, 2.24) is 5.32 Å². The highest BCUT2D eigenvalue weighted by Crippen LogP contribution is 2.41. The zero-order valence-electron chi connectivity index (χ0n) is 13.1. The lowest BCUT2D eigenvalue weighted by atomic mass is 9.99. The minimum Gasteiger partial charge on any atom is -0.309 e. The first-order chi connectivity index (χ1) is 9.63. The normalized spacial score (nSPS) is 28.3. The summed E-state index contributed by atoms with van der Waals surface area (Å²) in [5.74, 6) is 1.26. The molecule has 1 N–H and O–H groups in total. The van der Waals surface area contributed by atoms with Crippen LogP contribution < -0.4 is 5.32 Å². The van der Waals surface area contributed by atoms with Gasteiger partial charge in [0.1, 0.15) is 0 Å². The van der Waals surface area contributed by atoms with Crippen LogP contribution in [-0.4, -0.2) is 28.0 Å². The Bertz CT molecular complexity index is 421. The molecule has 0 amide bonds. The van der Waals surface area contributed by atoms with Crippen molar-refractivity contribution in [3.8, 4) is 0 Å². The predicted octanol–water partition coefficient (Wildman–Crippen LogP) is 4.66. The van der Waals surface area contributed by atoms with E-state index in [-0.39, 0.29) is 0 Å². The van der Waals surface area contributed by atoms with Crippen LogP contribution in [0.4, 0.5) is 0 Å². The van der Waals surface area contributed by atoms with Crippen LogP contribution in [0.25, 0.3) is 0 Å². The van der Waals surface area contributed by atoms with E-state index < -0.39 is 0 Å². The molecule has 1 aromatic rings. The highest BCUT2D eigenvalue weighted by molar-refractivity contribution is 8.07. The summed E-state index contributed by atoms with van der Waals surface area (Å²) in [7, 11) is 0. The van der Waals surface area contributed by atoms with Gasteiger partial charge in [-0.1, -0.05) is 45.0 Å². The summed E-state index contributed by atoms with van der Waals surface area (Å²) in [6.07, 6.45) is 1.19. The van der Waals surface area contributed by atoms with E-state index in [9.17, 15) is 0 Å². The molecule has 0 spiro atoms. The number of nitrogens with one attached hydrogen (secondary N) is 1. The molecular weight excluding hydrogens is 282 g/mol. The van der Waals surface area contributed by atoms with Gasteiger partial charge in [0.15, 0.2) is 0 Å². The lowest BCUT2D eigenvalue weighted by Gasteiger charge is -2.37. The predicted molar refractivity (Wildman–Crippen MR) is 95.0 cm³/mol. The number of benzene rings is 1. The van der Waals surface area contributed by atoms with Crippen LogP contribution in [0.15, 0.2) is 24.3 Å². The molecule has 0 saturated carbocycles. The first kappa shape index (κ1) is 16.3. The van der Waals surface area contributed by atoms with E-state index in [4.69, 9.17) is 0 Å². The van der Waals surface area contributed by atoms with Crippen molar-refractivity contribution in [1.29, 1.82) is 0 Å². The van der Waals surface area contributed by atoms with E-state index >= 15 is 0 Å². The number of hydrogen-bond acceptors (Lipinski definition) is 3. The van der Waals surface area contributed by atoms with Crippen molar-refractivity contribution in [3.63, 3.8) is 0 Å². The molecule has 112 valence electrons. The molecule has 0 aromatic heterocycles. The maximum atomic E-state index is 3.80. The Labute approximate surface area is 132 Å². The van der Waals surface area contributed by atoms with Crippen LogP contribution in [0.3, 0.4) is 0 Å². The highest BCUT2D eigenvalue weighted by atomic mass is 32.2. The average molecular weight is 310 g/mol. The van der Waals surface area contributed by atoms with Gasteiger partial charge in [-0.25, -0.2) is 0 Å². The fourth-order valence-corrected chi connectivity index (χ4v) is 5.77. The molecule has 3 heteroatoms. The minimum absolute atomic E-state index is 0.489. The molecule has 0 radical (unpaired) electrons. The third-order valence-electron chi connectivity index (χ3n) is 4.08. The first-order valence-corrected chi connectivity index (χ1v) is 9.68. The zero-order chi connectivity index (χ0) is 14.5. The topological polar surface area (TPSA) is 12.0 Å². The standard InChI is InChI=1S/C17H27NS2/c1-5-10-18-17(15-9-7-6-8-12(15)2)16-11-19-13(3)14(4)20-16/h6-9,13-14,16-18H,5,10-11H2,1-4H3. The monoisotopic (exact) mass is 309 g/mol. The zero-order valence-corrected chi connectivity index (χ0v) is 14.7. The molecule has 2 rings (SSSR count). The summed E-state index contributed by atoms with van der Waals surface area (Å²) in [6.45, 7) is 10.3. The van der Waals surface area contributed by atoms with Crippen LogP contribution in [0.1, 0.15) is 44.4 Å². The SMILES string of the molecule is CCCNC(c1ccccc1C)C1CSC(C)C(C)S1.